The Kier molecular flexibility index (Phi) is 5.62. The summed E-state index contributed by atoms with van der Waals surface area (Å²) in [5.41, 5.74) is 3.00. The molecule has 2 N–H and O–H groups in total. The second kappa shape index (κ2) is 8.46. The van der Waals surface area contributed by atoms with Gasteiger partial charge in [0, 0.05) is 30.6 Å². The molecule has 2 saturated heterocycles. The Bertz CT molecular complexity index is 1160. The van der Waals surface area contributed by atoms with Gasteiger partial charge in [-0.05, 0) is 44.4 Å². The molecule has 0 spiro atoms. The predicted octanol–water partition coefficient (Wildman–Crippen LogP) is 3.96. The molecular weight excluding hydrogens is 428 g/mol. The summed E-state index contributed by atoms with van der Waals surface area (Å²) in [6.45, 7) is 5.26. The first-order valence-electron chi connectivity index (χ1n) is 11.3. The van der Waals surface area contributed by atoms with Crippen LogP contribution in [0.5, 0.6) is 0 Å². The van der Waals surface area contributed by atoms with Gasteiger partial charge in [0.1, 0.15) is 6.10 Å². The lowest BCUT2D eigenvalue weighted by Crippen LogP contribution is -2.50. The van der Waals surface area contributed by atoms with Crippen molar-refractivity contribution in [3.8, 4) is 0 Å². The van der Waals surface area contributed by atoms with Gasteiger partial charge in [0.15, 0.2) is 5.82 Å². The first-order valence-corrected chi connectivity index (χ1v) is 11.3. The summed E-state index contributed by atoms with van der Waals surface area (Å²) in [4.78, 5) is 6.60. The molecule has 5 rings (SSSR count). The van der Waals surface area contributed by atoms with Gasteiger partial charge < -0.3 is 20.1 Å². The number of aliphatic hydroxyl groups excluding tert-OH is 1. The number of aromatic nitrogens is 3. The third-order valence-corrected chi connectivity index (χ3v) is 6.46. The van der Waals surface area contributed by atoms with E-state index < -0.39 is 12.0 Å². The lowest BCUT2D eigenvalue weighted by Gasteiger charge is -2.37. The van der Waals surface area contributed by atoms with E-state index in [-0.39, 0.29) is 17.7 Å². The minimum absolute atomic E-state index is 0.0410. The SMILES string of the molecule is Cc1nnc(N[C@H](C)c2cccc(C(F)(F)C3CCCO3)c2)c2cc(N3CC(O)C3)cnc12. The third kappa shape index (κ3) is 4.11. The summed E-state index contributed by atoms with van der Waals surface area (Å²) >= 11 is 0. The molecule has 0 saturated carbocycles. The van der Waals surface area contributed by atoms with E-state index in [4.69, 9.17) is 4.74 Å². The monoisotopic (exact) mass is 455 g/mol. The highest BCUT2D eigenvalue weighted by atomic mass is 19.3. The molecular formula is C24H27F2N5O2. The van der Waals surface area contributed by atoms with Crippen LogP contribution in [0.4, 0.5) is 20.3 Å². The van der Waals surface area contributed by atoms with Crippen LogP contribution < -0.4 is 10.2 Å². The number of pyridine rings is 1. The van der Waals surface area contributed by atoms with Gasteiger partial charge in [-0.25, -0.2) is 0 Å². The molecule has 0 aliphatic carbocycles. The number of anilines is 2. The average Bonchev–Trinajstić information content (AvgIpc) is 3.35. The number of alkyl halides is 2. The van der Waals surface area contributed by atoms with Crippen molar-refractivity contribution in [2.75, 3.05) is 29.9 Å². The Hall–Kier alpha value is -2.91. The number of halogens is 2. The lowest BCUT2D eigenvalue weighted by atomic mass is 9.97. The summed E-state index contributed by atoms with van der Waals surface area (Å²) in [6.07, 6.45) is 1.39. The van der Waals surface area contributed by atoms with Crippen LogP contribution in [-0.4, -0.2) is 52.2 Å². The van der Waals surface area contributed by atoms with Crippen LogP contribution in [0.1, 0.15) is 42.6 Å². The van der Waals surface area contributed by atoms with Crippen LogP contribution >= 0.6 is 0 Å². The molecule has 2 aliphatic heterocycles. The van der Waals surface area contributed by atoms with Crippen LogP contribution in [0.3, 0.4) is 0 Å². The minimum Gasteiger partial charge on any atom is -0.389 e. The first-order chi connectivity index (χ1) is 15.8. The summed E-state index contributed by atoms with van der Waals surface area (Å²) in [5.74, 6) is -2.50. The van der Waals surface area contributed by atoms with Crippen LogP contribution in [0.2, 0.25) is 0 Å². The Balaban J connectivity index is 1.43. The van der Waals surface area contributed by atoms with Crippen molar-refractivity contribution in [1.82, 2.24) is 15.2 Å². The van der Waals surface area contributed by atoms with E-state index >= 15 is 0 Å². The number of ether oxygens (including phenoxy) is 1. The van der Waals surface area contributed by atoms with E-state index in [1.165, 1.54) is 12.1 Å². The van der Waals surface area contributed by atoms with Crippen molar-refractivity contribution in [1.29, 1.82) is 0 Å². The summed E-state index contributed by atoms with van der Waals surface area (Å²) < 4.78 is 35.2. The van der Waals surface area contributed by atoms with E-state index in [0.29, 0.717) is 44.0 Å². The lowest BCUT2D eigenvalue weighted by molar-refractivity contribution is -0.122. The highest BCUT2D eigenvalue weighted by Crippen LogP contribution is 2.39. The maximum absolute atomic E-state index is 15.0. The summed E-state index contributed by atoms with van der Waals surface area (Å²) in [5, 5.41) is 22.3. The molecule has 3 aromatic rings. The van der Waals surface area contributed by atoms with E-state index in [9.17, 15) is 13.9 Å². The highest BCUT2D eigenvalue weighted by Gasteiger charge is 2.44. The van der Waals surface area contributed by atoms with Crippen molar-refractivity contribution in [2.45, 2.75) is 50.9 Å². The molecule has 174 valence electrons. The Morgan fingerprint density at radius 2 is 2.06 bits per heavy atom. The highest BCUT2D eigenvalue weighted by molar-refractivity contribution is 5.92. The summed E-state index contributed by atoms with van der Waals surface area (Å²) in [6, 6.07) is 8.15. The summed E-state index contributed by atoms with van der Waals surface area (Å²) in [7, 11) is 0. The molecule has 9 heteroatoms. The molecule has 2 fully saturated rings. The normalized spacial score (nSPS) is 20.2. The average molecular weight is 456 g/mol. The molecule has 7 nitrogen and oxygen atoms in total. The standard InChI is InChI=1S/C24H27F2N5O2/c1-14(16-5-3-6-17(9-16)24(25,26)21-7-4-8-33-21)28-23-20-10-18(31-12-19(32)13-31)11-27-22(20)15(2)29-30-23/h3,5-6,9-11,14,19,21,32H,4,7-8,12-13H2,1-2H3,(H,28,30)/t14-,21?/m1/s1. The zero-order valence-electron chi connectivity index (χ0n) is 18.6. The number of nitrogens with zero attached hydrogens (tertiary/aromatic N) is 4. The maximum atomic E-state index is 15.0. The van der Waals surface area contributed by atoms with Crippen LogP contribution in [-0.2, 0) is 10.7 Å². The van der Waals surface area contributed by atoms with Gasteiger partial charge in [0.2, 0.25) is 0 Å². The molecule has 0 radical (unpaired) electrons. The fourth-order valence-electron chi connectivity index (χ4n) is 4.45. The second-order valence-corrected chi connectivity index (χ2v) is 8.90. The fraction of sp³-hybridized carbons (Fsp3) is 0.458. The molecule has 1 aromatic carbocycles. The van der Waals surface area contributed by atoms with E-state index in [2.05, 4.69) is 20.5 Å². The van der Waals surface area contributed by atoms with Gasteiger partial charge in [-0.2, -0.15) is 13.9 Å². The van der Waals surface area contributed by atoms with Crippen LogP contribution in [0.25, 0.3) is 10.9 Å². The van der Waals surface area contributed by atoms with Gasteiger partial charge in [-0.1, -0.05) is 18.2 Å². The minimum atomic E-state index is -3.04. The zero-order valence-corrected chi connectivity index (χ0v) is 18.6. The van der Waals surface area contributed by atoms with Crippen molar-refractivity contribution < 1.29 is 18.6 Å². The Morgan fingerprint density at radius 1 is 1.24 bits per heavy atom. The topological polar surface area (TPSA) is 83.4 Å². The molecule has 0 amide bonds. The van der Waals surface area contributed by atoms with Crippen molar-refractivity contribution in [3.63, 3.8) is 0 Å². The maximum Gasteiger partial charge on any atom is 0.298 e. The number of hydrogen-bond donors (Lipinski definition) is 2. The van der Waals surface area contributed by atoms with Gasteiger partial charge in [-0.15, -0.1) is 5.10 Å². The van der Waals surface area contributed by atoms with Gasteiger partial charge in [0.25, 0.3) is 5.92 Å². The molecule has 2 aliphatic rings. The number of aliphatic hydroxyl groups is 1. The van der Waals surface area contributed by atoms with Crippen molar-refractivity contribution in [3.05, 3.63) is 53.3 Å². The Morgan fingerprint density at radius 3 is 2.79 bits per heavy atom. The van der Waals surface area contributed by atoms with E-state index in [0.717, 1.165) is 22.2 Å². The number of rotatable bonds is 6. The predicted molar refractivity (Wildman–Crippen MR) is 122 cm³/mol. The molecule has 1 unspecified atom stereocenters. The molecule has 4 heterocycles. The number of nitrogens with one attached hydrogen (secondary N) is 1. The molecule has 2 atom stereocenters. The van der Waals surface area contributed by atoms with Crippen LogP contribution in [0.15, 0.2) is 36.5 Å². The number of fused-ring (bicyclic) bond motifs is 1. The van der Waals surface area contributed by atoms with Gasteiger partial charge in [0.05, 0.1) is 35.2 Å². The van der Waals surface area contributed by atoms with Crippen molar-refractivity contribution >= 4 is 22.4 Å². The quantitative estimate of drug-likeness (QED) is 0.582. The number of hydrogen-bond acceptors (Lipinski definition) is 7. The number of benzene rings is 1. The molecule has 2 aromatic heterocycles. The number of aryl methyl sites for hydroxylation is 1. The number of β-amino-alcohol motifs (C(OH)–C–C–N with tert-alkyl or cyclic N) is 1. The van der Waals surface area contributed by atoms with Gasteiger partial charge >= 0.3 is 0 Å². The van der Waals surface area contributed by atoms with Gasteiger partial charge in [-0.3, -0.25) is 4.98 Å². The smallest absolute Gasteiger partial charge is 0.298 e. The largest absolute Gasteiger partial charge is 0.389 e. The second-order valence-electron chi connectivity index (χ2n) is 8.90. The van der Waals surface area contributed by atoms with Crippen LogP contribution in [0, 0.1) is 6.92 Å². The molecule has 0 bridgehead atoms. The zero-order chi connectivity index (χ0) is 23.2. The van der Waals surface area contributed by atoms with Crippen molar-refractivity contribution in [2.24, 2.45) is 0 Å². The fourth-order valence-corrected chi connectivity index (χ4v) is 4.45. The van der Waals surface area contributed by atoms with E-state index in [1.54, 1.807) is 12.3 Å². The molecule has 33 heavy (non-hydrogen) atoms. The first kappa shape index (κ1) is 21.9. The third-order valence-electron chi connectivity index (χ3n) is 6.46. The van der Waals surface area contributed by atoms with E-state index in [1.807, 2.05) is 30.9 Å². The Labute approximate surface area is 190 Å².